The standard InChI is InChI=1S/C27H26N4O2/c1-18-10-6-7-13-21(18)28-25(32)16-24-27(33)30(17-20-11-4-3-5-12-20)19(2)26-29-22-14-8-9-15-23(22)31(24)26/h3-15,19,24H,16-17H2,1-2H3,(H,28,32)/t19-,24+/m1/s1. The normalized spacial score (nSPS) is 17.8. The summed E-state index contributed by atoms with van der Waals surface area (Å²) >= 11 is 0. The maximum atomic E-state index is 13.8. The number of benzene rings is 3. The van der Waals surface area contributed by atoms with Crippen LogP contribution in [-0.2, 0) is 16.1 Å². The minimum Gasteiger partial charge on any atom is -0.327 e. The molecule has 1 aromatic heterocycles. The number of aromatic nitrogens is 2. The van der Waals surface area contributed by atoms with Gasteiger partial charge in [0.2, 0.25) is 11.8 Å². The van der Waals surface area contributed by atoms with Gasteiger partial charge in [0, 0.05) is 12.2 Å². The largest absolute Gasteiger partial charge is 0.327 e. The molecule has 2 atom stereocenters. The van der Waals surface area contributed by atoms with Crippen molar-refractivity contribution in [2.45, 2.75) is 38.9 Å². The van der Waals surface area contributed by atoms with Gasteiger partial charge >= 0.3 is 0 Å². The zero-order valence-corrected chi connectivity index (χ0v) is 18.7. The van der Waals surface area contributed by atoms with Crippen molar-refractivity contribution in [1.29, 1.82) is 0 Å². The van der Waals surface area contributed by atoms with Crippen molar-refractivity contribution < 1.29 is 9.59 Å². The first-order chi connectivity index (χ1) is 16.0. The molecule has 0 aliphatic carbocycles. The van der Waals surface area contributed by atoms with Gasteiger partial charge in [-0.3, -0.25) is 9.59 Å². The molecule has 1 aliphatic rings. The zero-order valence-electron chi connectivity index (χ0n) is 18.7. The number of nitrogens with one attached hydrogen (secondary N) is 1. The van der Waals surface area contributed by atoms with Crippen molar-refractivity contribution in [1.82, 2.24) is 14.5 Å². The van der Waals surface area contributed by atoms with Crippen LogP contribution in [0.4, 0.5) is 5.69 Å². The highest BCUT2D eigenvalue weighted by molar-refractivity contribution is 5.96. The molecule has 0 fully saturated rings. The second-order valence-electron chi connectivity index (χ2n) is 8.54. The molecule has 2 heterocycles. The zero-order chi connectivity index (χ0) is 22.9. The molecule has 5 rings (SSSR count). The minimum absolute atomic E-state index is 0.0402. The van der Waals surface area contributed by atoms with Gasteiger partial charge in [-0.25, -0.2) is 4.98 Å². The van der Waals surface area contributed by atoms with Crippen LogP contribution in [0.1, 0.15) is 42.4 Å². The molecule has 0 spiro atoms. The molecular weight excluding hydrogens is 412 g/mol. The molecule has 6 heteroatoms. The molecule has 0 saturated carbocycles. The third kappa shape index (κ3) is 3.89. The molecule has 33 heavy (non-hydrogen) atoms. The Morgan fingerprint density at radius 1 is 0.970 bits per heavy atom. The van der Waals surface area contributed by atoms with Gasteiger partial charge in [-0.15, -0.1) is 0 Å². The lowest BCUT2D eigenvalue weighted by molar-refractivity contribution is -0.142. The SMILES string of the molecule is Cc1ccccc1NC(=O)C[C@H]1C(=O)N(Cc2ccccc2)[C@H](C)c2nc3ccccc3n21. The second kappa shape index (κ2) is 8.54. The maximum Gasteiger partial charge on any atom is 0.247 e. The number of nitrogens with zero attached hydrogens (tertiary/aromatic N) is 3. The van der Waals surface area contributed by atoms with Crippen molar-refractivity contribution in [3.05, 3.63) is 95.8 Å². The average Bonchev–Trinajstić information content (AvgIpc) is 3.21. The van der Waals surface area contributed by atoms with Gasteiger partial charge in [-0.05, 0) is 43.2 Å². The highest BCUT2D eigenvalue weighted by atomic mass is 16.2. The van der Waals surface area contributed by atoms with E-state index >= 15 is 0 Å². The third-order valence-electron chi connectivity index (χ3n) is 6.34. The second-order valence-corrected chi connectivity index (χ2v) is 8.54. The topological polar surface area (TPSA) is 67.2 Å². The van der Waals surface area contributed by atoms with E-state index in [1.165, 1.54) is 0 Å². The summed E-state index contributed by atoms with van der Waals surface area (Å²) in [6.07, 6.45) is 0.0402. The van der Waals surface area contributed by atoms with E-state index in [0.29, 0.717) is 6.54 Å². The number of fused-ring (bicyclic) bond motifs is 3. The van der Waals surface area contributed by atoms with Crippen LogP contribution in [0.3, 0.4) is 0 Å². The summed E-state index contributed by atoms with van der Waals surface area (Å²) in [4.78, 5) is 33.6. The number of imidazole rings is 1. The van der Waals surface area contributed by atoms with E-state index in [1.807, 2.05) is 102 Å². The number of carbonyl (C=O) groups excluding carboxylic acids is 2. The van der Waals surface area contributed by atoms with E-state index in [2.05, 4.69) is 5.32 Å². The van der Waals surface area contributed by atoms with Crippen LogP contribution in [0.15, 0.2) is 78.9 Å². The Hall–Kier alpha value is -3.93. The van der Waals surface area contributed by atoms with Gasteiger partial charge in [0.15, 0.2) is 0 Å². The van der Waals surface area contributed by atoms with Gasteiger partial charge in [-0.2, -0.15) is 0 Å². The smallest absolute Gasteiger partial charge is 0.247 e. The molecule has 0 bridgehead atoms. The quantitative estimate of drug-likeness (QED) is 0.476. The Labute approximate surface area is 192 Å². The first-order valence-electron chi connectivity index (χ1n) is 11.2. The molecule has 6 nitrogen and oxygen atoms in total. The van der Waals surface area contributed by atoms with Crippen molar-refractivity contribution in [2.24, 2.45) is 0 Å². The van der Waals surface area contributed by atoms with E-state index < -0.39 is 6.04 Å². The number of rotatable bonds is 5. The van der Waals surface area contributed by atoms with Crippen molar-refractivity contribution in [3.63, 3.8) is 0 Å². The first kappa shape index (κ1) is 20.9. The average molecular weight is 439 g/mol. The lowest BCUT2D eigenvalue weighted by Gasteiger charge is -2.38. The van der Waals surface area contributed by atoms with Gasteiger partial charge in [0.25, 0.3) is 0 Å². The molecule has 3 aromatic carbocycles. The molecule has 166 valence electrons. The molecule has 0 unspecified atom stereocenters. The predicted octanol–water partition coefficient (Wildman–Crippen LogP) is 5.02. The number of carbonyl (C=O) groups is 2. The van der Waals surface area contributed by atoms with E-state index in [4.69, 9.17) is 4.98 Å². The minimum atomic E-state index is -0.656. The van der Waals surface area contributed by atoms with Crippen molar-refractivity contribution in [2.75, 3.05) is 5.32 Å². The number of hydrogen-bond acceptors (Lipinski definition) is 3. The van der Waals surface area contributed by atoms with Crippen LogP contribution in [0.5, 0.6) is 0 Å². The summed E-state index contributed by atoms with van der Waals surface area (Å²) in [5, 5.41) is 2.98. The molecule has 2 amide bonds. The Morgan fingerprint density at radius 2 is 1.67 bits per heavy atom. The first-order valence-corrected chi connectivity index (χ1v) is 11.2. The van der Waals surface area contributed by atoms with Crippen LogP contribution in [0, 0.1) is 6.92 Å². The van der Waals surface area contributed by atoms with Gasteiger partial charge in [0.1, 0.15) is 11.9 Å². The summed E-state index contributed by atoms with van der Waals surface area (Å²) in [7, 11) is 0. The molecule has 0 saturated heterocycles. The van der Waals surface area contributed by atoms with Crippen LogP contribution in [-0.4, -0.2) is 26.3 Å². The van der Waals surface area contributed by atoms with Crippen molar-refractivity contribution in [3.8, 4) is 0 Å². The van der Waals surface area contributed by atoms with Gasteiger partial charge in [0.05, 0.1) is 23.5 Å². The van der Waals surface area contributed by atoms with E-state index in [0.717, 1.165) is 33.7 Å². The molecule has 0 radical (unpaired) electrons. The van der Waals surface area contributed by atoms with Crippen LogP contribution in [0.2, 0.25) is 0 Å². The highest BCUT2D eigenvalue weighted by Crippen LogP contribution is 2.37. The summed E-state index contributed by atoms with van der Waals surface area (Å²) in [6.45, 7) is 4.42. The lowest BCUT2D eigenvalue weighted by atomic mass is 10.0. The van der Waals surface area contributed by atoms with E-state index in [1.54, 1.807) is 0 Å². The summed E-state index contributed by atoms with van der Waals surface area (Å²) < 4.78 is 1.96. The fourth-order valence-corrected chi connectivity index (χ4v) is 4.58. The monoisotopic (exact) mass is 438 g/mol. The number of para-hydroxylation sites is 3. The fraction of sp³-hybridized carbons (Fsp3) is 0.222. The molecule has 4 aromatic rings. The van der Waals surface area contributed by atoms with Gasteiger partial charge < -0.3 is 14.8 Å². The van der Waals surface area contributed by atoms with E-state index in [-0.39, 0.29) is 24.3 Å². The summed E-state index contributed by atoms with van der Waals surface area (Å²) in [5.41, 5.74) is 4.49. The highest BCUT2D eigenvalue weighted by Gasteiger charge is 2.40. The molecule has 1 aliphatic heterocycles. The predicted molar refractivity (Wildman–Crippen MR) is 129 cm³/mol. The molecular formula is C27H26N4O2. The van der Waals surface area contributed by atoms with Crippen LogP contribution in [0.25, 0.3) is 11.0 Å². The Bertz CT molecular complexity index is 1330. The lowest BCUT2D eigenvalue weighted by Crippen LogP contribution is -2.45. The Morgan fingerprint density at radius 3 is 2.45 bits per heavy atom. The summed E-state index contributed by atoms with van der Waals surface area (Å²) in [5.74, 6) is 0.544. The van der Waals surface area contributed by atoms with Gasteiger partial charge in [-0.1, -0.05) is 60.7 Å². The maximum absolute atomic E-state index is 13.8. The third-order valence-corrected chi connectivity index (χ3v) is 6.34. The van der Waals surface area contributed by atoms with Crippen molar-refractivity contribution >= 4 is 28.5 Å². The number of amides is 2. The fourth-order valence-electron chi connectivity index (χ4n) is 4.58. The number of aryl methyl sites for hydroxylation is 1. The van der Waals surface area contributed by atoms with E-state index in [9.17, 15) is 9.59 Å². The number of hydrogen-bond donors (Lipinski definition) is 1. The number of anilines is 1. The Kier molecular flexibility index (Phi) is 5.42. The Balaban J connectivity index is 1.52. The van der Waals surface area contributed by atoms with Crippen LogP contribution >= 0.6 is 0 Å². The summed E-state index contributed by atoms with van der Waals surface area (Å²) in [6, 6.07) is 24.5. The molecule has 1 N–H and O–H groups in total. The van der Waals surface area contributed by atoms with Crippen LogP contribution < -0.4 is 5.32 Å².